The summed E-state index contributed by atoms with van der Waals surface area (Å²) in [6.07, 6.45) is 3.77. The van der Waals surface area contributed by atoms with Crippen molar-refractivity contribution in [3.63, 3.8) is 0 Å². The standard InChI is InChI=1S/C26H27N7O6S/c1-2-39-24(34)15-32-14-18-13-31(10-9-21(18)30-32)26(36)23(11-17-3-5-19(6-4-17)33(37)38)29-25(35)22-8-7-20(12-28-22)40-16-27/h3-8,12,14,16,23,27H,2,9-11,13,15H2,1H3,(H,29,35)/t23-/m0/s1. The van der Waals surface area contributed by atoms with Gasteiger partial charge in [0.2, 0.25) is 5.91 Å². The number of rotatable bonds is 11. The van der Waals surface area contributed by atoms with Gasteiger partial charge in [-0.3, -0.25) is 29.2 Å². The molecule has 40 heavy (non-hydrogen) atoms. The molecule has 0 unspecified atom stereocenters. The van der Waals surface area contributed by atoms with Gasteiger partial charge in [0.1, 0.15) is 18.3 Å². The molecule has 2 N–H and O–H groups in total. The smallest absolute Gasteiger partial charge is 0.327 e. The van der Waals surface area contributed by atoms with Gasteiger partial charge >= 0.3 is 5.97 Å². The molecule has 1 aliphatic heterocycles. The number of aromatic nitrogens is 3. The summed E-state index contributed by atoms with van der Waals surface area (Å²) in [5.74, 6) is -1.28. The maximum Gasteiger partial charge on any atom is 0.327 e. The van der Waals surface area contributed by atoms with Gasteiger partial charge in [0.05, 0.1) is 22.8 Å². The van der Waals surface area contributed by atoms with Gasteiger partial charge in [-0.2, -0.15) is 5.10 Å². The van der Waals surface area contributed by atoms with Crippen LogP contribution in [0.2, 0.25) is 0 Å². The zero-order chi connectivity index (χ0) is 28.6. The molecular weight excluding hydrogens is 538 g/mol. The third-order valence-corrected chi connectivity index (χ3v) is 6.80. The number of hydrogen-bond acceptors (Lipinski definition) is 10. The van der Waals surface area contributed by atoms with Crippen molar-refractivity contribution in [2.24, 2.45) is 0 Å². The number of carbonyl (C=O) groups is 3. The van der Waals surface area contributed by atoms with Crippen molar-refractivity contribution < 1.29 is 24.0 Å². The number of pyridine rings is 1. The van der Waals surface area contributed by atoms with Crippen LogP contribution in [0.4, 0.5) is 5.69 Å². The second kappa shape index (κ2) is 13.0. The van der Waals surface area contributed by atoms with Gasteiger partial charge in [-0.15, -0.1) is 0 Å². The number of hydrogen-bond donors (Lipinski definition) is 2. The van der Waals surface area contributed by atoms with Gasteiger partial charge in [0, 0.05) is 60.9 Å². The summed E-state index contributed by atoms with van der Waals surface area (Å²) in [5.41, 5.74) is 3.40. The number of nitrogens with zero attached hydrogens (tertiary/aromatic N) is 5. The van der Waals surface area contributed by atoms with Crippen molar-refractivity contribution in [1.82, 2.24) is 25.0 Å². The monoisotopic (exact) mass is 565 g/mol. The molecule has 0 radical (unpaired) electrons. The van der Waals surface area contributed by atoms with E-state index in [2.05, 4.69) is 15.4 Å². The van der Waals surface area contributed by atoms with Gasteiger partial charge in [0.25, 0.3) is 11.6 Å². The number of esters is 1. The number of nitro groups is 1. The summed E-state index contributed by atoms with van der Waals surface area (Å²) in [6, 6.07) is 8.02. The van der Waals surface area contributed by atoms with Gasteiger partial charge in [-0.1, -0.05) is 23.9 Å². The van der Waals surface area contributed by atoms with E-state index in [9.17, 15) is 24.5 Å². The highest BCUT2D eigenvalue weighted by Gasteiger charge is 2.31. The largest absolute Gasteiger partial charge is 0.465 e. The van der Waals surface area contributed by atoms with E-state index in [4.69, 9.17) is 10.1 Å². The highest BCUT2D eigenvalue weighted by Crippen LogP contribution is 2.20. The average molecular weight is 566 g/mol. The molecule has 0 fully saturated rings. The zero-order valence-corrected chi connectivity index (χ0v) is 22.4. The van der Waals surface area contributed by atoms with Crippen LogP contribution in [0.3, 0.4) is 0 Å². The number of carbonyl (C=O) groups excluding carboxylic acids is 3. The third-order valence-electron chi connectivity index (χ3n) is 6.17. The Bertz CT molecular complexity index is 1410. The summed E-state index contributed by atoms with van der Waals surface area (Å²) in [7, 11) is 0. The Morgan fingerprint density at radius 1 is 1.25 bits per heavy atom. The van der Waals surface area contributed by atoms with Crippen molar-refractivity contribution in [1.29, 1.82) is 5.41 Å². The molecule has 14 heteroatoms. The maximum absolute atomic E-state index is 13.7. The van der Waals surface area contributed by atoms with Crippen LogP contribution in [0.5, 0.6) is 0 Å². The summed E-state index contributed by atoms with van der Waals surface area (Å²) < 4.78 is 6.48. The lowest BCUT2D eigenvalue weighted by molar-refractivity contribution is -0.384. The van der Waals surface area contributed by atoms with Gasteiger partial charge in [-0.05, 0) is 24.6 Å². The molecule has 208 valence electrons. The Morgan fingerprint density at radius 3 is 2.67 bits per heavy atom. The van der Waals surface area contributed by atoms with E-state index in [1.54, 1.807) is 36.2 Å². The Morgan fingerprint density at radius 2 is 2.02 bits per heavy atom. The van der Waals surface area contributed by atoms with E-state index in [1.165, 1.54) is 29.1 Å². The van der Waals surface area contributed by atoms with E-state index < -0.39 is 22.8 Å². The van der Waals surface area contributed by atoms with E-state index in [0.717, 1.165) is 28.6 Å². The molecule has 2 aromatic heterocycles. The quantitative estimate of drug-likeness (QED) is 0.0883. The number of amides is 2. The molecule has 0 spiro atoms. The normalized spacial score (nSPS) is 13.2. The van der Waals surface area contributed by atoms with Crippen LogP contribution >= 0.6 is 11.8 Å². The highest BCUT2D eigenvalue weighted by atomic mass is 32.2. The minimum Gasteiger partial charge on any atom is -0.465 e. The van der Waals surface area contributed by atoms with E-state index in [1.807, 2.05) is 0 Å². The van der Waals surface area contributed by atoms with Gasteiger partial charge in [0.15, 0.2) is 0 Å². The Hall–Kier alpha value is -4.59. The number of thioether (sulfide) groups is 1. The predicted molar refractivity (Wildman–Crippen MR) is 145 cm³/mol. The van der Waals surface area contributed by atoms with E-state index >= 15 is 0 Å². The Balaban J connectivity index is 1.52. The van der Waals surface area contributed by atoms with Crippen LogP contribution < -0.4 is 5.32 Å². The topological polar surface area (TPSA) is 173 Å². The summed E-state index contributed by atoms with van der Waals surface area (Å²) in [5, 5.41) is 25.4. The van der Waals surface area contributed by atoms with Crippen LogP contribution in [-0.2, 0) is 40.3 Å². The molecule has 2 amide bonds. The molecule has 0 saturated heterocycles. The lowest BCUT2D eigenvalue weighted by Crippen LogP contribution is -2.51. The second-order valence-electron chi connectivity index (χ2n) is 8.88. The first-order valence-electron chi connectivity index (χ1n) is 12.4. The fraction of sp³-hybridized carbons (Fsp3) is 0.308. The van der Waals surface area contributed by atoms with Crippen LogP contribution in [0.1, 0.15) is 34.2 Å². The van der Waals surface area contributed by atoms with Gasteiger partial charge in [-0.25, -0.2) is 4.98 Å². The first kappa shape index (κ1) is 28.4. The molecule has 1 aliphatic rings. The highest BCUT2D eigenvalue weighted by molar-refractivity contribution is 8.12. The fourth-order valence-corrected chi connectivity index (χ4v) is 4.67. The van der Waals surface area contributed by atoms with Gasteiger partial charge < -0.3 is 20.4 Å². The number of nitrogens with one attached hydrogen (secondary N) is 2. The minimum atomic E-state index is -0.970. The van der Waals surface area contributed by atoms with Crippen molar-refractivity contribution in [3.05, 3.63) is 81.4 Å². The average Bonchev–Trinajstić information content (AvgIpc) is 3.34. The molecule has 0 bridgehead atoms. The zero-order valence-electron chi connectivity index (χ0n) is 21.6. The number of nitro benzene ring substituents is 1. The van der Waals surface area contributed by atoms with Crippen molar-refractivity contribution >= 4 is 40.8 Å². The fourth-order valence-electron chi connectivity index (χ4n) is 4.27. The summed E-state index contributed by atoms with van der Waals surface area (Å²) in [6.45, 7) is 2.58. The maximum atomic E-state index is 13.7. The molecular formula is C26H27N7O6S. The Labute approximate surface area is 233 Å². The third kappa shape index (κ3) is 7.08. The number of ether oxygens (including phenoxy) is 1. The summed E-state index contributed by atoms with van der Waals surface area (Å²) in [4.78, 5) is 55.6. The molecule has 0 aliphatic carbocycles. The second-order valence-corrected chi connectivity index (χ2v) is 9.82. The number of non-ortho nitro benzene ring substituents is 1. The summed E-state index contributed by atoms with van der Waals surface area (Å²) >= 11 is 1.15. The van der Waals surface area contributed by atoms with E-state index in [-0.39, 0.29) is 43.4 Å². The minimum absolute atomic E-state index is 0.0300. The lowest BCUT2D eigenvalue weighted by atomic mass is 10.0. The molecule has 3 aromatic rings. The van der Waals surface area contributed by atoms with Crippen molar-refractivity contribution in [2.75, 3.05) is 13.2 Å². The molecule has 0 saturated carbocycles. The lowest BCUT2D eigenvalue weighted by Gasteiger charge is -2.30. The van der Waals surface area contributed by atoms with Crippen molar-refractivity contribution in [2.45, 2.75) is 43.8 Å². The first-order chi connectivity index (χ1) is 19.3. The van der Waals surface area contributed by atoms with Crippen LogP contribution in [0.15, 0.2) is 53.7 Å². The first-order valence-corrected chi connectivity index (χ1v) is 13.3. The molecule has 4 rings (SSSR count). The van der Waals surface area contributed by atoms with Crippen LogP contribution in [0, 0.1) is 15.5 Å². The molecule has 1 atom stereocenters. The Kier molecular flexibility index (Phi) is 9.22. The number of fused-ring (bicyclic) bond motifs is 1. The van der Waals surface area contributed by atoms with E-state index in [0.29, 0.717) is 23.4 Å². The SMILES string of the molecule is CCOC(=O)Cn1cc2c(n1)CCN(C(=O)[C@H](Cc1ccc([N+](=O)[O-])cc1)NC(=O)c1ccc(SC=N)cn1)C2. The molecule has 13 nitrogen and oxygen atoms in total. The van der Waals surface area contributed by atoms with Crippen LogP contribution in [0.25, 0.3) is 0 Å². The van der Waals surface area contributed by atoms with Crippen LogP contribution in [-0.4, -0.2) is 67.1 Å². The molecule has 1 aromatic carbocycles. The molecule has 3 heterocycles. The predicted octanol–water partition coefficient (Wildman–Crippen LogP) is 2.37. The number of benzene rings is 1. The van der Waals surface area contributed by atoms with Crippen molar-refractivity contribution in [3.8, 4) is 0 Å².